The highest BCUT2D eigenvalue weighted by atomic mass is 32.2. The number of carbonyl (C=O) groups is 1. The Morgan fingerprint density at radius 3 is 2.17 bits per heavy atom. The molecule has 1 aromatic rings. The van der Waals surface area contributed by atoms with Crippen LogP contribution in [0.25, 0.3) is 0 Å². The van der Waals surface area contributed by atoms with Crippen LogP contribution in [0.5, 0.6) is 0 Å². The molecule has 23 heavy (non-hydrogen) atoms. The first kappa shape index (κ1) is 17.7. The summed E-state index contributed by atoms with van der Waals surface area (Å²) in [7, 11) is -3.57. The number of benzene rings is 1. The zero-order valence-corrected chi connectivity index (χ0v) is 15.0. The Bertz CT molecular complexity index is 708. The first-order valence-corrected chi connectivity index (χ1v) is 9.32. The summed E-state index contributed by atoms with van der Waals surface area (Å²) in [6.07, 6.45) is 2.86. The van der Waals surface area contributed by atoms with Crippen LogP contribution in [0.4, 0.5) is 11.4 Å². The molecule has 128 valence electrons. The lowest BCUT2D eigenvalue weighted by molar-refractivity contribution is -0.114. The quantitative estimate of drug-likeness (QED) is 0.885. The molecule has 6 nitrogen and oxygen atoms in total. The van der Waals surface area contributed by atoms with Crippen LogP contribution in [0.15, 0.2) is 6.07 Å². The van der Waals surface area contributed by atoms with Crippen molar-refractivity contribution in [1.82, 2.24) is 4.31 Å². The van der Waals surface area contributed by atoms with Crippen molar-refractivity contribution in [2.75, 3.05) is 23.1 Å². The van der Waals surface area contributed by atoms with Crippen molar-refractivity contribution in [3.63, 3.8) is 0 Å². The minimum absolute atomic E-state index is 0.176. The van der Waals surface area contributed by atoms with E-state index >= 15 is 0 Å². The number of nitrogens with one attached hydrogen (secondary N) is 2. The fourth-order valence-corrected chi connectivity index (χ4v) is 4.45. The molecule has 0 saturated carbocycles. The normalized spacial score (nSPS) is 16.2. The van der Waals surface area contributed by atoms with E-state index in [1.807, 2.05) is 26.8 Å². The van der Waals surface area contributed by atoms with Crippen LogP contribution in [-0.2, 0) is 15.0 Å². The van der Waals surface area contributed by atoms with Gasteiger partial charge in [0.25, 0.3) is 0 Å². The summed E-state index contributed by atoms with van der Waals surface area (Å²) in [5.41, 5.74) is 3.70. The second kappa shape index (κ2) is 6.88. The lowest BCUT2D eigenvalue weighted by Gasteiger charge is -2.27. The zero-order chi connectivity index (χ0) is 17.2. The molecule has 7 heteroatoms. The summed E-state index contributed by atoms with van der Waals surface area (Å²) in [5, 5.41) is 2.79. The number of hydrogen-bond acceptors (Lipinski definition) is 3. The first-order valence-electron chi connectivity index (χ1n) is 7.88. The van der Waals surface area contributed by atoms with Gasteiger partial charge in [0.05, 0.1) is 5.69 Å². The van der Waals surface area contributed by atoms with Crippen molar-refractivity contribution >= 4 is 27.5 Å². The Hall–Kier alpha value is -1.60. The number of hydrogen-bond donors (Lipinski definition) is 2. The molecule has 1 aromatic carbocycles. The van der Waals surface area contributed by atoms with Crippen LogP contribution >= 0.6 is 0 Å². The highest BCUT2D eigenvalue weighted by Crippen LogP contribution is 2.32. The second-order valence-electron chi connectivity index (χ2n) is 6.13. The molecule has 0 radical (unpaired) electrons. The van der Waals surface area contributed by atoms with Gasteiger partial charge in [-0.3, -0.25) is 9.52 Å². The molecule has 2 rings (SSSR count). The minimum Gasteiger partial charge on any atom is -0.326 e. The summed E-state index contributed by atoms with van der Waals surface area (Å²) < 4.78 is 29.4. The van der Waals surface area contributed by atoms with E-state index in [2.05, 4.69) is 10.0 Å². The van der Waals surface area contributed by atoms with Gasteiger partial charge in [0.2, 0.25) is 5.91 Å². The maximum Gasteiger partial charge on any atom is 0.301 e. The molecule has 1 aliphatic rings. The molecule has 0 aliphatic carbocycles. The lowest BCUT2D eigenvalue weighted by atomic mass is 10.0. The van der Waals surface area contributed by atoms with Gasteiger partial charge in [-0.2, -0.15) is 12.7 Å². The minimum atomic E-state index is -3.57. The van der Waals surface area contributed by atoms with E-state index in [1.165, 1.54) is 11.2 Å². The van der Waals surface area contributed by atoms with Crippen LogP contribution in [0.2, 0.25) is 0 Å². The third-order valence-electron chi connectivity index (χ3n) is 4.16. The fourth-order valence-electron chi connectivity index (χ4n) is 3.01. The van der Waals surface area contributed by atoms with Crippen molar-refractivity contribution in [3.8, 4) is 0 Å². The van der Waals surface area contributed by atoms with E-state index in [4.69, 9.17) is 0 Å². The number of anilines is 2. The molecular formula is C16H25N3O3S. The van der Waals surface area contributed by atoms with Crippen LogP contribution < -0.4 is 10.0 Å². The van der Waals surface area contributed by atoms with E-state index in [9.17, 15) is 13.2 Å². The molecule has 1 fully saturated rings. The average molecular weight is 339 g/mol. The summed E-state index contributed by atoms with van der Waals surface area (Å²) in [5.74, 6) is -0.176. The molecule has 2 N–H and O–H groups in total. The van der Waals surface area contributed by atoms with Crippen molar-refractivity contribution in [3.05, 3.63) is 22.8 Å². The molecule has 0 bridgehead atoms. The van der Waals surface area contributed by atoms with Crippen molar-refractivity contribution in [2.45, 2.75) is 47.0 Å². The van der Waals surface area contributed by atoms with Gasteiger partial charge in [0.1, 0.15) is 0 Å². The van der Waals surface area contributed by atoms with Gasteiger partial charge in [-0.05, 0) is 50.3 Å². The van der Waals surface area contributed by atoms with Gasteiger partial charge in [0, 0.05) is 25.7 Å². The standard InChI is InChI=1S/C16H25N3O3S/c1-11-10-12(2)16(13(3)15(11)17-14(4)20)18-23(21,22)19-8-6-5-7-9-19/h10,18H,5-9H2,1-4H3,(H,17,20). The number of amides is 1. The number of rotatable bonds is 4. The topological polar surface area (TPSA) is 78.5 Å². The Balaban J connectivity index is 2.37. The highest BCUT2D eigenvalue weighted by molar-refractivity contribution is 7.90. The smallest absolute Gasteiger partial charge is 0.301 e. The van der Waals surface area contributed by atoms with Gasteiger partial charge < -0.3 is 5.32 Å². The van der Waals surface area contributed by atoms with Gasteiger partial charge in [0.15, 0.2) is 0 Å². The average Bonchev–Trinajstić information content (AvgIpc) is 2.49. The molecule has 0 unspecified atom stereocenters. The van der Waals surface area contributed by atoms with Gasteiger partial charge >= 0.3 is 10.2 Å². The highest BCUT2D eigenvalue weighted by Gasteiger charge is 2.25. The molecular weight excluding hydrogens is 314 g/mol. The Morgan fingerprint density at radius 1 is 1.04 bits per heavy atom. The maximum atomic E-state index is 12.6. The molecule has 1 saturated heterocycles. The van der Waals surface area contributed by atoms with E-state index in [1.54, 1.807) is 0 Å². The molecule has 1 heterocycles. The van der Waals surface area contributed by atoms with E-state index in [-0.39, 0.29) is 5.91 Å². The zero-order valence-electron chi connectivity index (χ0n) is 14.2. The first-order chi connectivity index (χ1) is 10.7. The van der Waals surface area contributed by atoms with E-state index in [0.29, 0.717) is 24.5 Å². The number of carbonyl (C=O) groups excluding carboxylic acids is 1. The summed E-state index contributed by atoms with van der Waals surface area (Å²) in [6.45, 7) is 8.13. The molecule has 0 aromatic heterocycles. The van der Waals surface area contributed by atoms with Crippen molar-refractivity contribution in [1.29, 1.82) is 0 Å². The van der Waals surface area contributed by atoms with E-state index in [0.717, 1.165) is 36.0 Å². The molecule has 0 spiro atoms. The van der Waals surface area contributed by atoms with Crippen LogP contribution in [0.1, 0.15) is 42.9 Å². The predicted octanol–water partition coefficient (Wildman–Crippen LogP) is 2.71. The molecule has 0 atom stereocenters. The molecule has 1 amide bonds. The SMILES string of the molecule is CC(=O)Nc1c(C)cc(C)c(NS(=O)(=O)N2CCCCC2)c1C. The van der Waals surface area contributed by atoms with Crippen LogP contribution in [-0.4, -0.2) is 31.7 Å². The van der Waals surface area contributed by atoms with Gasteiger partial charge in [-0.15, -0.1) is 0 Å². The van der Waals surface area contributed by atoms with Crippen molar-refractivity contribution in [2.24, 2.45) is 0 Å². The number of piperidine rings is 1. The van der Waals surface area contributed by atoms with Crippen molar-refractivity contribution < 1.29 is 13.2 Å². The van der Waals surface area contributed by atoms with Gasteiger partial charge in [-0.1, -0.05) is 12.5 Å². The summed E-state index contributed by atoms with van der Waals surface area (Å²) in [4.78, 5) is 11.4. The van der Waals surface area contributed by atoms with Crippen LogP contribution in [0, 0.1) is 20.8 Å². The number of nitrogens with zero attached hydrogens (tertiary/aromatic N) is 1. The third kappa shape index (κ3) is 4.03. The van der Waals surface area contributed by atoms with Crippen LogP contribution in [0.3, 0.4) is 0 Å². The number of aryl methyl sites for hydroxylation is 2. The largest absolute Gasteiger partial charge is 0.326 e. The Kier molecular flexibility index (Phi) is 5.31. The lowest BCUT2D eigenvalue weighted by Crippen LogP contribution is -2.39. The van der Waals surface area contributed by atoms with Gasteiger partial charge in [-0.25, -0.2) is 0 Å². The maximum absolute atomic E-state index is 12.6. The Labute approximate surface area is 138 Å². The van der Waals surface area contributed by atoms with E-state index < -0.39 is 10.2 Å². The monoisotopic (exact) mass is 339 g/mol. The second-order valence-corrected chi connectivity index (χ2v) is 7.80. The summed E-state index contributed by atoms with van der Waals surface area (Å²) >= 11 is 0. The Morgan fingerprint density at radius 2 is 1.61 bits per heavy atom. The third-order valence-corrected chi connectivity index (χ3v) is 5.67. The fraction of sp³-hybridized carbons (Fsp3) is 0.562. The molecule has 1 aliphatic heterocycles. The summed E-state index contributed by atoms with van der Waals surface area (Å²) in [6, 6.07) is 1.88. The predicted molar refractivity (Wildman–Crippen MR) is 92.9 cm³/mol.